The van der Waals surface area contributed by atoms with E-state index in [0.717, 1.165) is 24.4 Å². The molecule has 0 aromatic carbocycles. The van der Waals surface area contributed by atoms with Gasteiger partial charge in [0.15, 0.2) is 0 Å². The number of nitrogens with one attached hydrogen (secondary N) is 1. The summed E-state index contributed by atoms with van der Waals surface area (Å²) in [5.41, 5.74) is 1.80. The molecule has 0 aliphatic heterocycles. The Morgan fingerprint density at radius 2 is 2.28 bits per heavy atom. The van der Waals surface area contributed by atoms with Crippen LogP contribution in [0.2, 0.25) is 5.02 Å². The van der Waals surface area contributed by atoms with Crippen molar-refractivity contribution < 1.29 is 9.53 Å². The summed E-state index contributed by atoms with van der Waals surface area (Å²) in [6.07, 6.45) is 1.20. The largest absolute Gasteiger partial charge is 0.466 e. The zero-order chi connectivity index (χ0) is 13.5. The van der Waals surface area contributed by atoms with Crippen LogP contribution in [-0.4, -0.2) is 28.9 Å². The lowest BCUT2D eigenvalue weighted by atomic mass is 10.3. The van der Waals surface area contributed by atoms with Gasteiger partial charge in [0.05, 0.1) is 23.0 Å². The molecule has 1 aromatic heterocycles. The van der Waals surface area contributed by atoms with Gasteiger partial charge < -0.3 is 10.1 Å². The molecule has 1 heterocycles. The number of rotatable bonds is 7. The summed E-state index contributed by atoms with van der Waals surface area (Å²) in [5, 5.41) is 8.18. The quantitative estimate of drug-likeness (QED) is 0.608. The lowest BCUT2D eigenvalue weighted by Crippen LogP contribution is -2.18. The molecule has 0 unspecified atom stereocenters. The predicted molar refractivity (Wildman–Crippen MR) is 70.5 cm³/mol. The number of hydrogen-bond acceptors (Lipinski definition) is 4. The highest BCUT2D eigenvalue weighted by Gasteiger charge is 2.10. The summed E-state index contributed by atoms with van der Waals surface area (Å²) in [6.45, 7) is 5.53. The second-order valence-electron chi connectivity index (χ2n) is 4.06. The van der Waals surface area contributed by atoms with Gasteiger partial charge in [-0.15, -0.1) is 0 Å². The molecule has 0 aliphatic rings. The third-order valence-electron chi connectivity index (χ3n) is 2.59. The maximum Gasteiger partial charge on any atom is 0.305 e. The van der Waals surface area contributed by atoms with E-state index in [1.54, 1.807) is 4.68 Å². The highest BCUT2D eigenvalue weighted by Crippen LogP contribution is 2.18. The maximum absolute atomic E-state index is 11.1. The first-order chi connectivity index (χ1) is 8.56. The van der Waals surface area contributed by atoms with Crippen LogP contribution in [0.25, 0.3) is 0 Å². The van der Waals surface area contributed by atoms with Crippen molar-refractivity contribution in [3.8, 4) is 0 Å². The molecule has 1 aromatic rings. The molecule has 0 fully saturated rings. The monoisotopic (exact) mass is 273 g/mol. The number of aryl methyl sites for hydroxylation is 2. The van der Waals surface area contributed by atoms with Crippen molar-refractivity contribution in [2.45, 2.75) is 33.2 Å². The van der Waals surface area contributed by atoms with E-state index >= 15 is 0 Å². The number of esters is 1. The van der Waals surface area contributed by atoms with Crippen LogP contribution in [0.3, 0.4) is 0 Å². The molecule has 0 atom stereocenters. The van der Waals surface area contributed by atoms with Crippen LogP contribution in [-0.2, 0) is 23.1 Å². The van der Waals surface area contributed by atoms with E-state index in [9.17, 15) is 4.79 Å². The van der Waals surface area contributed by atoms with E-state index in [-0.39, 0.29) is 5.97 Å². The van der Waals surface area contributed by atoms with Crippen LogP contribution in [0.15, 0.2) is 0 Å². The number of hydrogen-bond donors (Lipinski definition) is 1. The normalized spacial score (nSPS) is 10.7. The van der Waals surface area contributed by atoms with Crippen LogP contribution >= 0.6 is 11.6 Å². The summed E-state index contributed by atoms with van der Waals surface area (Å²) in [4.78, 5) is 11.1. The average molecular weight is 274 g/mol. The van der Waals surface area contributed by atoms with E-state index in [0.29, 0.717) is 24.6 Å². The van der Waals surface area contributed by atoms with Gasteiger partial charge in [0.2, 0.25) is 0 Å². The third-order valence-corrected chi connectivity index (χ3v) is 3.09. The molecular weight excluding hydrogens is 254 g/mol. The number of carbonyl (C=O) groups excluding carboxylic acids is 1. The number of ether oxygens (including phenoxy) is 1. The summed E-state index contributed by atoms with van der Waals surface area (Å²) < 4.78 is 6.62. The van der Waals surface area contributed by atoms with Crippen LogP contribution in [0.1, 0.15) is 31.2 Å². The van der Waals surface area contributed by atoms with Crippen molar-refractivity contribution in [1.82, 2.24) is 15.1 Å². The first kappa shape index (κ1) is 15.0. The fraction of sp³-hybridized carbons (Fsp3) is 0.667. The Bertz CT molecular complexity index is 404. The first-order valence-corrected chi connectivity index (χ1v) is 6.48. The van der Waals surface area contributed by atoms with Crippen LogP contribution in [0.4, 0.5) is 0 Å². The number of nitrogens with zero attached hydrogens (tertiary/aromatic N) is 2. The number of halogens is 1. The Labute approximate surface area is 112 Å². The SMILES string of the molecule is CCOC(=O)CCCNCc1c(Cl)c(C)nn1C. The standard InChI is InChI=1S/C12H20ClN3O2/c1-4-18-11(17)6-5-7-14-8-10-12(13)9(2)15-16(10)3/h14H,4-8H2,1-3H3. The minimum atomic E-state index is -0.145. The highest BCUT2D eigenvalue weighted by molar-refractivity contribution is 6.31. The predicted octanol–water partition coefficient (Wildman–Crippen LogP) is 1.81. The van der Waals surface area contributed by atoms with E-state index in [4.69, 9.17) is 16.3 Å². The van der Waals surface area contributed by atoms with Gasteiger partial charge in [0, 0.05) is 20.0 Å². The summed E-state index contributed by atoms with van der Waals surface area (Å²) in [7, 11) is 1.87. The lowest BCUT2D eigenvalue weighted by Gasteiger charge is -2.05. The Morgan fingerprint density at radius 3 is 2.83 bits per heavy atom. The molecule has 5 nitrogen and oxygen atoms in total. The second kappa shape index (κ2) is 7.38. The molecule has 0 saturated carbocycles. The van der Waals surface area contributed by atoms with Crippen molar-refractivity contribution in [2.24, 2.45) is 7.05 Å². The van der Waals surface area contributed by atoms with E-state index in [1.165, 1.54) is 0 Å². The van der Waals surface area contributed by atoms with E-state index in [2.05, 4.69) is 10.4 Å². The molecule has 1 rings (SSSR count). The fourth-order valence-corrected chi connectivity index (χ4v) is 1.90. The molecule has 0 bridgehead atoms. The van der Waals surface area contributed by atoms with Gasteiger partial charge in [-0.2, -0.15) is 5.10 Å². The smallest absolute Gasteiger partial charge is 0.305 e. The van der Waals surface area contributed by atoms with Crippen LogP contribution < -0.4 is 5.32 Å². The number of carbonyl (C=O) groups is 1. The molecule has 0 radical (unpaired) electrons. The minimum Gasteiger partial charge on any atom is -0.466 e. The van der Waals surface area contributed by atoms with E-state index < -0.39 is 0 Å². The maximum atomic E-state index is 11.1. The third kappa shape index (κ3) is 4.31. The highest BCUT2D eigenvalue weighted by atomic mass is 35.5. The molecule has 1 N–H and O–H groups in total. The van der Waals surface area contributed by atoms with Gasteiger partial charge in [-0.1, -0.05) is 11.6 Å². The Morgan fingerprint density at radius 1 is 1.56 bits per heavy atom. The molecule has 0 aliphatic carbocycles. The molecule has 0 amide bonds. The van der Waals surface area contributed by atoms with Crippen LogP contribution in [0, 0.1) is 6.92 Å². The molecule has 0 saturated heterocycles. The molecule has 6 heteroatoms. The summed E-state index contributed by atoms with van der Waals surface area (Å²) >= 11 is 6.12. The van der Waals surface area contributed by atoms with E-state index in [1.807, 2.05) is 20.9 Å². The zero-order valence-corrected chi connectivity index (χ0v) is 11.9. The van der Waals surface area contributed by atoms with Crippen molar-refractivity contribution >= 4 is 17.6 Å². The number of aromatic nitrogens is 2. The Balaban J connectivity index is 2.24. The van der Waals surface area contributed by atoms with Gasteiger partial charge in [-0.3, -0.25) is 9.48 Å². The van der Waals surface area contributed by atoms with Gasteiger partial charge in [0.25, 0.3) is 0 Å². The lowest BCUT2D eigenvalue weighted by molar-refractivity contribution is -0.143. The average Bonchev–Trinajstić information content (AvgIpc) is 2.55. The van der Waals surface area contributed by atoms with Crippen LogP contribution in [0.5, 0.6) is 0 Å². The molecular formula is C12H20ClN3O2. The molecule has 0 spiro atoms. The Kier molecular flexibility index (Phi) is 6.15. The zero-order valence-electron chi connectivity index (χ0n) is 11.1. The summed E-state index contributed by atoms with van der Waals surface area (Å²) in [5.74, 6) is -0.145. The summed E-state index contributed by atoms with van der Waals surface area (Å²) in [6, 6.07) is 0. The van der Waals surface area contributed by atoms with Crippen molar-refractivity contribution in [1.29, 1.82) is 0 Å². The molecule has 102 valence electrons. The van der Waals surface area contributed by atoms with Gasteiger partial charge in [-0.05, 0) is 26.8 Å². The van der Waals surface area contributed by atoms with Crippen molar-refractivity contribution in [2.75, 3.05) is 13.2 Å². The van der Waals surface area contributed by atoms with Gasteiger partial charge >= 0.3 is 5.97 Å². The Hall–Kier alpha value is -1.07. The van der Waals surface area contributed by atoms with Crippen molar-refractivity contribution in [3.05, 3.63) is 16.4 Å². The first-order valence-electron chi connectivity index (χ1n) is 6.10. The van der Waals surface area contributed by atoms with Gasteiger partial charge in [-0.25, -0.2) is 0 Å². The second-order valence-corrected chi connectivity index (χ2v) is 4.43. The minimum absolute atomic E-state index is 0.145. The van der Waals surface area contributed by atoms with Gasteiger partial charge in [0.1, 0.15) is 0 Å². The van der Waals surface area contributed by atoms with Crippen molar-refractivity contribution in [3.63, 3.8) is 0 Å². The topological polar surface area (TPSA) is 56.1 Å². The fourth-order valence-electron chi connectivity index (χ4n) is 1.67. The molecule has 18 heavy (non-hydrogen) atoms.